The summed E-state index contributed by atoms with van der Waals surface area (Å²) < 4.78 is 0. The second-order valence-corrected chi connectivity index (χ2v) is 11.2. The average molecular weight is 538 g/mol. The van der Waals surface area contributed by atoms with Gasteiger partial charge in [-0.05, 0) is 47.9 Å². The van der Waals surface area contributed by atoms with Crippen LogP contribution in [0.25, 0.3) is 0 Å². The number of rotatable bonds is 4. The molecule has 7 nitrogen and oxygen atoms in total. The van der Waals surface area contributed by atoms with Crippen LogP contribution in [0.2, 0.25) is 0 Å². The molecule has 7 heteroatoms. The maximum absolute atomic E-state index is 14.2. The molecular weight excluding hydrogens is 502 g/mol. The molecule has 3 aliphatic rings. The summed E-state index contributed by atoms with van der Waals surface area (Å²) in [6, 6.07) is 25.9. The third kappa shape index (κ3) is 4.85. The van der Waals surface area contributed by atoms with Crippen LogP contribution in [0.5, 0.6) is 0 Å². The summed E-state index contributed by atoms with van der Waals surface area (Å²) in [4.78, 5) is 45.8. The number of aliphatic carboxylic acids is 1. The molecule has 1 N–H and O–H groups in total. The molecule has 3 atom stereocenters. The van der Waals surface area contributed by atoms with Gasteiger partial charge in [0.2, 0.25) is 5.91 Å². The number of benzene rings is 3. The standard InChI is InChI=1S/C33H35N3O4/c37-31(30(23-11-3-1-4-12-23)24-13-5-2-6-14-24)34-19-20-35(29(22-34)32(38)39)33(40)36-27-17-9-7-15-25(27)21-26-16-8-10-18-28(26)36/h1-7,9,11-15,17,26,28-30H,8,10,16,18-22H2,(H,38,39)/t26?,28?,29-/m0/s1. The zero-order chi connectivity index (χ0) is 27.6. The van der Waals surface area contributed by atoms with E-state index in [9.17, 15) is 19.5 Å². The molecule has 3 amide bonds. The number of hydrogen-bond acceptors (Lipinski definition) is 3. The van der Waals surface area contributed by atoms with Crippen molar-refractivity contribution in [2.24, 2.45) is 5.92 Å². The smallest absolute Gasteiger partial charge is 0.328 e. The number of piperazine rings is 1. The van der Waals surface area contributed by atoms with Crippen LogP contribution < -0.4 is 4.90 Å². The number of anilines is 1. The van der Waals surface area contributed by atoms with Gasteiger partial charge in [0.15, 0.2) is 0 Å². The number of carbonyl (C=O) groups is 3. The van der Waals surface area contributed by atoms with E-state index in [-0.39, 0.29) is 37.6 Å². The Morgan fingerprint density at radius 3 is 2.08 bits per heavy atom. The van der Waals surface area contributed by atoms with E-state index in [1.165, 1.54) is 4.90 Å². The van der Waals surface area contributed by atoms with Crippen LogP contribution >= 0.6 is 0 Å². The molecule has 206 valence electrons. The van der Waals surface area contributed by atoms with Gasteiger partial charge in [-0.25, -0.2) is 9.59 Å². The Kier molecular flexibility index (Phi) is 7.29. The second-order valence-electron chi connectivity index (χ2n) is 11.2. The van der Waals surface area contributed by atoms with Crippen LogP contribution in [0.15, 0.2) is 84.9 Å². The van der Waals surface area contributed by atoms with Crippen LogP contribution in [0, 0.1) is 5.92 Å². The lowest BCUT2D eigenvalue weighted by molar-refractivity contribution is -0.147. The van der Waals surface area contributed by atoms with Crippen LogP contribution in [-0.2, 0) is 16.0 Å². The minimum atomic E-state index is -1.12. The molecule has 40 heavy (non-hydrogen) atoms. The number of urea groups is 1. The first-order chi connectivity index (χ1) is 19.5. The molecule has 0 radical (unpaired) electrons. The lowest BCUT2D eigenvalue weighted by Crippen LogP contribution is -2.64. The van der Waals surface area contributed by atoms with Gasteiger partial charge in [0, 0.05) is 24.8 Å². The van der Waals surface area contributed by atoms with E-state index in [2.05, 4.69) is 6.07 Å². The Morgan fingerprint density at radius 1 is 0.775 bits per heavy atom. The van der Waals surface area contributed by atoms with Crippen molar-refractivity contribution in [1.82, 2.24) is 9.80 Å². The number of amides is 3. The summed E-state index contributed by atoms with van der Waals surface area (Å²) in [6.07, 6.45) is 5.19. The number of hydrogen-bond donors (Lipinski definition) is 1. The quantitative estimate of drug-likeness (QED) is 0.499. The number of nitrogens with zero attached hydrogens (tertiary/aromatic N) is 3. The van der Waals surface area contributed by atoms with E-state index < -0.39 is 17.9 Å². The Balaban J connectivity index is 1.28. The van der Waals surface area contributed by atoms with Crippen LogP contribution in [0.4, 0.5) is 10.5 Å². The lowest BCUT2D eigenvalue weighted by Gasteiger charge is -2.48. The fourth-order valence-corrected chi connectivity index (χ4v) is 6.90. The molecule has 2 fully saturated rings. The highest BCUT2D eigenvalue weighted by molar-refractivity contribution is 5.97. The van der Waals surface area contributed by atoms with Crippen molar-refractivity contribution in [3.05, 3.63) is 102 Å². The van der Waals surface area contributed by atoms with Gasteiger partial charge in [-0.1, -0.05) is 91.7 Å². The first-order valence-corrected chi connectivity index (χ1v) is 14.3. The zero-order valence-electron chi connectivity index (χ0n) is 22.6. The highest BCUT2D eigenvalue weighted by Gasteiger charge is 2.45. The van der Waals surface area contributed by atoms with Gasteiger partial charge < -0.3 is 14.9 Å². The van der Waals surface area contributed by atoms with E-state index in [0.29, 0.717) is 5.92 Å². The maximum Gasteiger partial charge on any atom is 0.328 e. The van der Waals surface area contributed by atoms with E-state index >= 15 is 0 Å². The Bertz CT molecular complexity index is 1340. The third-order valence-corrected chi connectivity index (χ3v) is 8.88. The topological polar surface area (TPSA) is 81.2 Å². The fraction of sp³-hybridized carbons (Fsp3) is 0.364. The highest BCUT2D eigenvalue weighted by Crippen LogP contribution is 2.41. The van der Waals surface area contributed by atoms with Gasteiger partial charge in [-0.15, -0.1) is 0 Å². The summed E-state index contributed by atoms with van der Waals surface area (Å²) in [5, 5.41) is 10.3. The van der Waals surface area contributed by atoms with Crippen molar-refractivity contribution in [3.63, 3.8) is 0 Å². The van der Waals surface area contributed by atoms with Gasteiger partial charge in [-0.3, -0.25) is 9.69 Å². The number of carbonyl (C=O) groups excluding carboxylic acids is 2. The van der Waals surface area contributed by atoms with Crippen molar-refractivity contribution in [1.29, 1.82) is 0 Å². The largest absolute Gasteiger partial charge is 0.480 e. The van der Waals surface area contributed by atoms with E-state index in [0.717, 1.165) is 54.5 Å². The van der Waals surface area contributed by atoms with Crippen molar-refractivity contribution >= 4 is 23.6 Å². The minimum absolute atomic E-state index is 0.0420. The van der Waals surface area contributed by atoms with Gasteiger partial charge in [0.05, 0.1) is 12.5 Å². The first-order valence-electron chi connectivity index (χ1n) is 14.3. The molecule has 3 aromatic rings. The fourth-order valence-electron chi connectivity index (χ4n) is 6.90. The third-order valence-electron chi connectivity index (χ3n) is 8.88. The molecule has 0 bridgehead atoms. The van der Waals surface area contributed by atoms with E-state index in [1.807, 2.05) is 83.8 Å². The average Bonchev–Trinajstić information content (AvgIpc) is 3.00. The monoisotopic (exact) mass is 537 g/mol. The summed E-state index contributed by atoms with van der Waals surface area (Å²) in [5.74, 6) is -1.40. The van der Waals surface area contributed by atoms with Crippen molar-refractivity contribution in [3.8, 4) is 0 Å². The predicted molar refractivity (Wildman–Crippen MR) is 153 cm³/mol. The van der Waals surface area contributed by atoms with E-state index in [4.69, 9.17) is 0 Å². The zero-order valence-corrected chi connectivity index (χ0v) is 22.6. The molecule has 1 saturated carbocycles. The van der Waals surface area contributed by atoms with Gasteiger partial charge >= 0.3 is 12.0 Å². The molecule has 3 aromatic carbocycles. The molecule has 1 aliphatic carbocycles. The highest BCUT2D eigenvalue weighted by atomic mass is 16.4. The molecule has 0 aromatic heterocycles. The summed E-state index contributed by atoms with van der Waals surface area (Å²) in [7, 11) is 0. The SMILES string of the molecule is O=C(O)[C@@H]1CN(C(=O)C(c2ccccc2)c2ccccc2)CCN1C(=O)N1c2ccccc2CC2CCCCC21. The van der Waals surface area contributed by atoms with Crippen molar-refractivity contribution in [2.45, 2.75) is 50.1 Å². The summed E-state index contributed by atoms with van der Waals surface area (Å²) in [6.45, 7) is 0.418. The molecule has 6 rings (SSSR count). The van der Waals surface area contributed by atoms with Crippen molar-refractivity contribution in [2.75, 3.05) is 24.5 Å². The van der Waals surface area contributed by atoms with Crippen LogP contribution in [0.3, 0.4) is 0 Å². The maximum atomic E-state index is 14.2. The number of carboxylic acids is 1. The number of para-hydroxylation sites is 1. The molecule has 2 aliphatic heterocycles. The normalized spacial score (nSPS) is 22.4. The van der Waals surface area contributed by atoms with Crippen molar-refractivity contribution < 1.29 is 19.5 Å². The summed E-state index contributed by atoms with van der Waals surface area (Å²) >= 11 is 0. The van der Waals surface area contributed by atoms with E-state index in [1.54, 1.807) is 4.90 Å². The molecular formula is C33H35N3O4. The molecule has 1 saturated heterocycles. The Hall–Kier alpha value is -4.13. The Morgan fingerprint density at radius 2 is 1.40 bits per heavy atom. The van der Waals surface area contributed by atoms with Gasteiger partial charge in [0.1, 0.15) is 6.04 Å². The predicted octanol–water partition coefficient (Wildman–Crippen LogP) is 5.16. The van der Waals surface area contributed by atoms with Crippen LogP contribution in [0.1, 0.15) is 48.3 Å². The second kappa shape index (κ2) is 11.2. The number of carboxylic acid groups (broad SMARTS) is 1. The summed E-state index contributed by atoms with van der Waals surface area (Å²) in [5.41, 5.74) is 3.76. The van der Waals surface area contributed by atoms with Gasteiger partial charge in [0.25, 0.3) is 0 Å². The first kappa shape index (κ1) is 26.1. The lowest BCUT2D eigenvalue weighted by atomic mass is 9.76. The molecule has 2 unspecified atom stereocenters. The Labute approximate surface area is 235 Å². The minimum Gasteiger partial charge on any atom is -0.480 e. The molecule has 0 spiro atoms. The van der Waals surface area contributed by atoms with Crippen LogP contribution in [-0.4, -0.2) is 64.5 Å². The van der Waals surface area contributed by atoms with Gasteiger partial charge in [-0.2, -0.15) is 0 Å². The number of fused-ring (bicyclic) bond motifs is 2. The molecule has 2 heterocycles.